The fraction of sp³-hybridized carbons (Fsp3) is 0.714. The number of carbonyl (C=O) groups is 1. The molecule has 1 aromatic rings. The summed E-state index contributed by atoms with van der Waals surface area (Å²) in [5, 5.41) is 10.1. The summed E-state index contributed by atoms with van der Waals surface area (Å²) in [7, 11) is 0. The van der Waals surface area contributed by atoms with Gasteiger partial charge >= 0.3 is 0 Å². The molecule has 3 fully saturated rings. The fourth-order valence-corrected chi connectivity index (χ4v) is 7.65. The number of rotatable bonds is 8. The van der Waals surface area contributed by atoms with Crippen LogP contribution in [0, 0.1) is 29.0 Å². The van der Waals surface area contributed by atoms with Crippen LogP contribution in [-0.4, -0.2) is 29.2 Å². The second-order valence-electron chi connectivity index (χ2n) is 11.4. The lowest BCUT2D eigenvalue weighted by Crippen LogP contribution is -2.50. The molecular weight excluding hydrogens is 413 g/mol. The maximum absolute atomic E-state index is 14.6. The quantitative estimate of drug-likeness (QED) is 0.474. The van der Waals surface area contributed by atoms with Crippen LogP contribution < -0.4 is 5.32 Å². The first kappa shape index (κ1) is 22.9. The average Bonchev–Trinajstić information content (AvgIpc) is 3.30. The van der Waals surface area contributed by atoms with Crippen molar-refractivity contribution in [1.82, 2.24) is 10.3 Å². The summed E-state index contributed by atoms with van der Waals surface area (Å²) in [4.78, 5) is 13.4. The summed E-state index contributed by atoms with van der Waals surface area (Å²) in [5.74, 6) is 2.40. The Morgan fingerprint density at radius 2 is 2.06 bits per heavy atom. The van der Waals surface area contributed by atoms with E-state index < -0.39 is 0 Å². The number of nitrogens with zero attached hydrogens (tertiary/aromatic N) is 2. The average molecular weight is 454 g/mol. The number of fused-ring (bicyclic) bond motifs is 2. The molecular formula is C28H40FN3O. The van der Waals surface area contributed by atoms with Crippen LogP contribution in [0.3, 0.4) is 0 Å². The molecule has 1 amide bonds. The van der Waals surface area contributed by atoms with E-state index in [2.05, 4.69) is 19.2 Å². The van der Waals surface area contributed by atoms with Crippen LogP contribution in [-0.2, 0) is 4.79 Å². The molecule has 5 rings (SSSR count). The number of benzene rings is 1. The Hall–Kier alpha value is -1.91. The smallest absolute Gasteiger partial charge is 0.267 e. The van der Waals surface area contributed by atoms with Crippen molar-refractivity contribution in [2.75, 3.05) is 6.54 Å². The molecule has 1 N–H and O–H groups in total. The minimum Gasteiger partial charge on any atom is -0.348 e. The van der Waals surface area contributed by atoms with Gasteiger partial charge in [0.05, 0.1) is 6.04 Å². The molecule has 4 nitrogen and oxygen atoms in total. The molecule has 6 atom stereocenters. The predicted molar refractivity (Wildman–Crippen MR) is 130 cm³/mol. The topological polar surface area (TPSA) is 44.7 Å². The molecule has 0 radical (unpaired) electrons. The van der Waals surface area contributed by atoms with Crippen LogP contribution in [0.1, 0.15) is 96.1 Å². The zero-order valence-corrected chi connectivity index (χ0v) is 20.4. The maximum Gasteiger partial charge on any atom is 0.267 e. The minimum absolute atomic E-state index is 0.0464. The van der Waals surface area contributed by atoms with Gasteiger partial charge in [0.2, 0.25) is 0 Å². The Balaban J connectivity index is 1.30. The third-order valence-electron chi connectivity index (χ3n) is 9.33. The maximum atomic E-state index is 14.6. The SMILES string of the molecule is CCCCCN1N=C(C(=O)NC(C)C23CCCC4CC(CC4C2)C3)CC1c1ccccc1F. The summed E-state index contributed by atoms with van der Waals surface area (Å²) < 4.78 is 14.6. The summed E-state index contributed by atoms with van der Waals surface area (Å²) >= 11 is 0. The van der Waals surface area contributed by atoms with E-state index in [4.69, 9.17) is 5.10 Å². The van der Waals surface area contributed by atoms with Crippen molar-refractivity contribution in [2.24, 2.45) is 28.3 Å². The molecule has 6 unspecified atom stereocenters. The number of nitrogens with one attached hydrogen (secondary N) is 1. The second-order valence-corrected chi connectivity index (χ2v) is 11.4. The molecule has 4 aliphatic rings. The molecule has 0 spiro atoms. The molecule has 0 saturated heterocycles. The highest BCUT2D eigenvalue weighted by atomic mass is 19.1. The van der Waals surface area contributed by atoms with Crippen LogP contribution >= 0.6 is 0 Å². The Kier molecular flexibility index (Phi) is 6.50. The highest BCUT2D eigenvalue weighted by molar-refractivity contribution is 6.39. The van der Waals surface area contributed by atoms with E-state index >= 15 is 0 Å². The Morgan fingerprint density at radius 1 is 1.24 bits per heavy atom. The predicted octanol–water partition coefficient (Wildman–Crippen LogP) is 6.23. The fourth-order valence-electron chi connectivity index (χ4n) is 7.65. The van der Waals surface area contributed by atoms with E-state index in [1.165, 1.54) is 51.0 Å². The highest BCUT2D eigenvalue weighted by Gasteiger charge is 2.52. The summed E-state index contributed by atoms with van der Waals surface area (Å²) in [6.45, 7) is 5.16. The van der Waals surface area contributed by atoms with Crippen molar-refractivity contribution in [3.8, 4) is 0 Å². The molecule has 1 aliphatic heterocycles. The summed E-state index contributed by atoms with van der Waals surface area (Å²) in [6, 6.07) is 6.91. The molecule has 1 heterocycles. The number of carbonyl (C=O) groups excluding carboxylic acids is 1. The van der Waals surface area contributed by atoms with E-state index in [1.807, 2.05) is 17.1 Å². The van der Waals surface area contributed by atoms with Gasteiger partial charge in [0.1, 0.15) is 11.5 Å². The van der Waals surface area contributed by atoms with Crippen LogP contribution in [0.4, 0.5) is 4.39 Å². The van der Waals surface area contributed by atoms with Gasteiger partial charge in [-0.3, -0.25) is 9.80 Å². The number of hydrogen-bond donors (Lipinski definition) is 1. The number of halogens is 1. The first-order valence-corrected chi connectivity index (χ1v) is 13.4. The van der Waals surface area contributed by atoms with Crippen molar-refractivity contribution < 1.29 is 9.18 Å². The minimum atomic E-state index is -0.210. The number of amides is 1. The Morgan fingerprint density at radius 3 is 2.88 bits per heavy atom. The lowest BCUT2D eigenvalue weighted by Gasteiger charge is -2.45. The van der Waals surface area contributed by atoms with Gasteiger partial charge in [-0.25, -0.2) is 4.39 Å². The van der Waals surface area contributed by atoms with E-state index in [-0.39, 0.29) is 29.2 Å². The first-order valence-electron chi connectivity index (χ1n) is 13.4. The van der Waals surface area contributed by atoms with Crippen molar-refractivity contribution in [3.05, 3.63) is 35.6 Å². The highest BCUT2D eigenvalue weighted by Crippen LogP contribution is 2.59. The molecule has 180 valence electrons. The molecule has 5 heteroatoms. The largest absolute Gasteiger partial charge is 0.348 e. The van der Waals surface area contributed by atoms with Gasteiger partial charge < -0.3 is 5.32 Å². The van der Waals surface area contributed by atoms with Crippen LogP contribution in [0.2, 0.25) is 0 Å². The van der Waals surface area contributed by atoms with Gasteiger partial charge in [-0.1, -0.05) is 50.8 Å². The van der Waals surface area contributed by atoms with Crippen LogP contribution in [0.15, 0.2) is 29.4 Å². The van der Waals surface area contributed by atoms with Gasteiger partial charge in [0.25, 0.3) is 5.91 Å². The standard InChI is InChI=1S/C28H40FN3O/c1-3-4-7-13-32-26(23-10-5-6-11-24(23)29)16-25(31-32)27(33)30-19(2)28-12-8-9-21-14-20(17-28)15-22(21)18-28/h5-6,10-11,19-22,26H,3-4,7-9,12-18H2,1-2H3,(H,30,33). The van der Waals surface area contributed by atoms with E-state index in [1.54, 1.807) is 6.07 Å². The van der Waals surface area contributed by atoms with Gasteiger partial charge in [-0.15, -0.1) is 0 Å². The van der Waals surface area contributed by atoms with Crippen LogP contribution in [0.25, 0.3) is 0 Å². The van der Waals surface area contributed by atoms with Gasteiger partial charge in [0.15, 0.2) is 0 Å². The third kappa shape index (κ3) is 4.44. The van der Waals surface area contributed by atoms with E-state index in [0.29, 0.717) is 17.7 Å². The zero-order chi connectivity index (χ0) is 23.0. The van der Waals surface area contributed by atoms with Crippen molar-refractivity contribution in [3.63, 3.8) is 0 Å². The van der Waals surface area contributed by atoms with Crippen molar-refractivity contribution >= 4 is 11.6 Å². The lowest BCUT2D eigenvalue weighted by atomic mass is 9.63. The lowest BCUT2D eigenvalue weighted by molar-refractivity contribution is -0.116. The van der Waals surface area contributed by atoms with Gasteiger partial charge in [-0.2, -0.15) is 5.10 Å². The van der Waals surface area contributed by atoms with Crippen molar-refractivity contribution in [1.29, 1.82) is 0 Å². The summed E-state index contributed by atoms with van der Waals surface area (Å²) in [6.07, 6.45) is 13.0. The molecule has 33 heavy (non-hydrogen) atoms. The Labute approximate surface area is 198 Å². The van der Waals surface area contributed by atoms with Crippen LogP contribution in [0.5, 0.6) is 0 Å². The van der Waals surface area contributed by atoms with Gasteiger partial charge in [0, 0.05) is 24.6 Å². The zero-order valence-electron chi connectivity index (χ0n) is 20.4. The molecule has 3 saturated carbocycles. The third-order valence-corrected chi connectivity index (χ3v) is 9.33. The monoisotopic (exact) mass is 453 g/mol. The molecule has 1 aromatic carbocycles. The number of hydrazone groups is 1. The first-order chi connectivity index (χ1) is 16.0. The number of unbranched alkanes of at least 4 members (excludes halogenated alkanes) is 2. The molecule has 0 aromatic heterocycles. The number of hydrogen-bond acceptors (Lipinski definition) is 3. The molecule has 3 aliphatic carbocycles. The van der Waals surface area contributed by atoms with E-state index in [0.717, 1.165) is 43.6 Å². The van der Waals surface area contributed by atoms with E-state index in [9.17, 15) is 9.18 Å². The summed E-state index contributed by atoms with van der Waals surface area (Å²) in [5.41, 5.74) is 1.46. The Bertz CT molecular complexity index is 901. The molecule has 3 bridgehead atoms. The van der Waals surface area contributed by atoms with Gasteiger partial charge in [-0.05, 0) is 74.7 Å². The van der Waals surface area contributed by atoms with Crippen molar-refractivity contribution in [2.45, 2.75) is 96.6 Å². The second kappa shape index (κ2) is 9.38. The normalized spacial score (nSPS) is 33.7.